The average molecular weight is 537 g/mol. The van der Waals surface area contributed by atoms with Gasteiger partial charge in [-0.05, 0) is 50.2 Å². The second-order valence-corrected chi connectivity index (χ2v) is 9.43. The van der Waals surface area contributed by atoms with E-state index in [0.29, 0.717) is 4.68 Å². The fraction of sp³-hybridized carbons (Fsp3) is 0.190. The summed E-state index contributed by atoms with van der Waals surface area (Å²) in [4.78, 5) is 39.8. The number of halogens is 2. The summed E-state index contributed by atoms with van der Waals surface area (Å²) in [7, 11) is -4.28. The first kappa shape index (κ1) is 27.2. The van der Waals surface area contributed by atoms with Gasteiger partial charge >= 0.3 is 0 Å². The Bertz CT molecular complexity index is 1440. The Morgan fingerprint density at radius 1 is 1.00 bits per heavy atom. The lowest BCUT2D eigenvalue weighted by molar-refractivity contribution is -0.128. The zero-order chi connectivity index (χ0) is 27.5. The van der Waals surface area contributed by atoms with Crippen LogP contribution in [0.2, 0.25) is 0 Å². The molecule has 37 heavy (non-hydrogen) atoms. The van der Waals surface area contributed by atoms with Crippen molar-refractivity contribution >= 4 is 45.3 Å². The van der Waals surface area contributed by atoms with Crippen LogP contribution in [-0.2, 0) is 19.6 Å². The van der Waals surface area contributed by atoms with Gasteiger partial charge < -0.3 is 22.1 Å². The van der Waals surface area contributed by atoms with Crippen molar-refractivity contribution in [3.05, 3.63) is 59.7 Å². The SMILES string of the molecule is CC(N)C(=O)N[C@@H](C)C(=O)NS(=O)(=O)c1ccc(Nc2nc(N)n(C(=O)c3c(F)cccc3F)n2)cc1. The first-order valence-corrected chi connectivity index (χ1v) is 12.0. The van der Waals surface area contributed by atoms with E-state index in [1.54, 1.807) is 0 Å². The first-order valence-electron chi connectivity index (χ1n) is 10.5. The second-order valence-electron chi connectivity index (χ2n) is 7.75. The molecule has 0 aliphatic heterocycles. The van der Waals surface area contributed by atoms with Crippen molar-refractivity contribution in [2.45, 2.75) is 30.8 Å². The van der Waals surface area contributed by atoms with Crippen molar-refractivity contribution < 1.29 is 31.6 Å². The maximum atomic E-state index is 13.9. The molecular formula is C21H22F2N8O5S. The number of nitrogens with two attached hydrogens (primary N) is 2. The lowest BCUT2D eigenvalue weighted by Gasteiger charge is -2.15. The van der Waals surface area contributed by atoms with Crippen molar-refractivity contribution in [1.29, 1.82) is 0 Å². The molecule has 16 heteroatoms. The number of amides is 2. The first-order chi connectivity index (χ1) is 17.3. The molecule has 2 atom stereocenters. The molecule has 3 aromatic rings. The summed E-state index contributed by atoms with van der Waals surface area (Å²) in [6.07, 6.45) is 0. The highest BCUT2D eigenvalue weighted by atomic mass is 32.2. The predicted octanol–water partition coefficient (Wildman–Crippen LogP) is 0.227. The van der Waals surface area contributed by atoms with Crippen molar-refractivity contribution in [2.24, 2.45) is 5.73 Å². The number of nitrogens with one attached hydrogen (secondary N) is 3. The molecule has 2 aromatic carbocycles. The van der Waals surface area contributed by atoms with Crippen molar-refractivity contribution in [2.75, 3.05) is 11.1 Å². The topological polar surface area (TPSA) is 204 Å². The summed E-state index contributed by atoms with van der Waals surface area (Å²) in [6, 6.07) is 5.76. The van der Waals surface area contributed by atoms with E-state index in [1.165, 1.54) is 26.0 Å². The molecule has 0 radical (unpaired) electrons. The highest BCUT2D eigenvalue weighted by Gasteiger charge is 2.25. The molecule has 0 spiro atoms. The van der Waals surface area contributed by atoms with Crippen LogP contribution in [0.1, 0.15) is 24.2 Å². The van der Waals surface area contributed by atoms with E-state index in [1.807, 2.05) is 4.72 Å². The van der Waals surface area contributed by atoms with Crippen LogP contribution in [-0.4, -0.2) is 53.0 Å². The minimum absolute atomic E-state index is 0.217. The number of rotatable bonds is 8. The Labute approximate surface area is 209 Å². The number of aromatic nitrogens is 3. The van der Waals surface area contributed by atoms with E-state index in [0.717, 1.165) is 30.3 Å². The number of nitrogen functional groups attached to an aromatic ring is 1. The van der Waals surface area contributed by atoms with Gasteiger partial charge in [0.25, 0.3) is 21.8 Å². The smallest absolute Gasteiger partial charge is 0.287 e. The Hall–Kier alpha value is -4.44. The molecule has 7 N–H and O–H groups in total. The van der Waals surface area contributed by atoms with Crippen LogP contribution in [0.25, 0.3) is 0 Å². The van der Waals surface area contributed by atoms with Gasteiger partial charge in [0.1, 0.15) is 23.2 Å². The Balaban J connectivity index is 1.71. The lowest BCUT2D eigenvalue weighted by Crippen LogP contribution is -2.50. The van der Waals surface area contributed by atoms with Gasteiger partial charge in [0.05, 0.1) is 10.9 Å². The molecule has 0 aliphatic carbocycles. The van der Waals surface area contributed by atoms with Crippen molar-refractivity contribution in [3.8, 4) is 0 Å². The standard InChI is InChI=1S/C21H22F2N8O5S/c1-10(24)17(32)26-11(2)18(33)30-37(35,36)13-8-6-12(7-9-13)27-21-28-20(25)31(29-21)19(34)16-14(22)4-3-5-15(16)23/h3-11H,24H2,1-2H3,(H,26,32)(H,30,33)(H3,25,27,28,29)/t10?,11-/m0/s1. The lowest BCUT2D eigenvalue weighted by atomic mass is 10.2. The summed E-state index contributed by atoms with van der Waals surface area (Å²) < 4.78 is 55.3. The number of nitrogens with zero attached hydrogens (tertiary/aromatic N) is 3. The van der Waals surface area contributed by atoms with Gasteiger partial charge in [-0.3, -0.25) is 14.4 Å². The minimum Gasteiger partial charge on any atom is -0.368 e. The van der Waals surface area contributed by atoms with E-state index in [2.05, 4.69) is 20.7 Å². The molecule has 1 unspecified atom stereocenters. The number of benzene rings is 2. The maximum Gasteiger partial charge on any atom is 0.287 e. The Kier molecular flexibility index (Phi) is 7.83. The molecule has 196 valence electrons. The van der Waals surface area contributed by atoms with E-state index >= 15 is 0 Å². The number of hydrogen-bond donors (Lipinski definition) is 5. The molecule has 0 aliphatic rings. The van der Waals surface area contributed by atoms with Crippen molar-refractivity contribution in [1.82, 2.24) is 24.8 Å². The number of carbonyl (C=O) groups is 3. The molecule has 0 fully saturated rings. The van der Waals surface area contributed by atoms with Gasteiger partial charge in [-0.25, -0.2) is 21.9 Å². The van der Waals surface area contributed by atoms with E-state index in [9.17, 15) is 31.6 Å². The summed E-state index contributed by atoms with van der Waals surface area (Å²) >= 11 is 0. The quantitative estimate of drug-likeness (QED) is 0.265. The normalized spacial score (nSPS) is 12.9. The van der Waals surface area contributed by atoms with Crippen LogP contribution in [0.4, 0.5) is 26.4 Å². The van der Waals surface area contributed by atoms with Gasteiger partial charge in [-0.2, -0.15) is 9.67 Å². The van der Waals surface area contributed by atoms with Crippen LogP contribution in [0.3, 0.4) is 0 Å². The number of hydrogen-bond acceptors (Lipinski definition) is 10. The van der Waals surface area contributed by atoms with E-state index in [4.69, 9.17) is 11.5 Å². The highest BCUT2D eigenvalue weighted by molar-refractivity contribution is 7.90. The van der Waals surface area contributed by atoms with E-state index in [-0.39, 0.29) is 16.5 Å². The van der Waals surface area contributed by atoms with E-state index < -0.39 is 63.0 Å². The van der Waals surface area contributed by atoms with Gasteiger partial charge in [0.2, 0.25) is 17.8 Å². The third-order valence-corrected chi connectivity index (χ3v) is 6.19. The van der Waals surface area contributed by atoms with Crippen LogP contribution in [0, 0.1) is 11.6 Å². The Morgan fingerprint density at radius 3 is 2.16 bits per heavy atom. The molecule has 0 saturated carbocycles. The number of carbonyl (C=O) groups excluding carboxylic acids is 3. The van der Waals surface area contributed by atoms with Crippen LogP contribution >= 0.6 is 0 Å². The summed E-state index contributed by atoms with van der Waals surface area (Å²) in [5.74, 6) is -5.68. The molecule has 3 rings (SSSR count). The molecular weight excluding hydrogens is 514 g/mol. The summed E-state index contributed by atoms with van der Waals surface area (Å²) in [6.45, 7) is 2.70. The number of anilines is 3. The zero-order valence-electron chi connectivity index (χ0n) is 19.4. The minimum atomic E-state index is -4.28. The molecule has 0 saturated heterocycles. The van der Waals surface area contributed by atoms with Gasteiger partial charge in [0.15, 0.2) is 0 Å². The molecule has 1 heterocycles. The highest BCUT2D eigenvalue weighted by Crippen LogP contribution is 2.20. The fourth-order valence-corrected chi connectivity index (χ4v) is 3.93. The summed E-state index contributed by atoms with van der Waals surface area (Å²) in [5, 5.41) is 8.74. The average Bonchev–Trinajstić information content (AvgIpc) is 3.18. The van der Waals surface area contributed by atoms with Gasteiger partial charge in [-0.1, -0.05) is 6.07 Å². The fourth-order valence-electron chi connectivity index (χ4n) is 2.87. The van der Waals surface area contributed by atoms with Gasteiger partial charge in [-0.15, -0.1) is 5.10 Å². The monoisotopic (exact) mass is 536 g/mol. The van der Waals surface area contributed by atoms with Crippen molar-refractivity contribution in [3.63, 3.8) is 0 Å². The van der Waals surface area contributed by atoms with Crippen LogP contribution < -0.4 is 26.8 Å². The summed E-state index contributed by atoms with van der Waals surface area (Å²) in [5.41, 5.74) is 10.5. The molecule has 13 nitrogen and oxygen atoms in total. The molecule has 1 aromatic heterocycles. The number of sulfonamides is 1. The second kappa shape index (κ2) is 10.7. The molecule has 2 amide bonds. The predicted molar refractivity (Wildman–Crippen MR) is 127 cm³/mol. The third kappa shape index (κ3) is 6.22. The Morgan fingerprint density at radius 2 is 1.59 bits per heavy atom. The molecule has 0 bridgehead atoms. The van der Waals surface area contributed by atoms with Crippen LogP contribution in [0.15, 0.2) is 47.4 Å². The van der Waals surface area contributed by atoms with Gasteiger partial charge in [0, 0.05) is 5.69 Å². The zero-order valence-corrected chi connectivity index (χ0v) is 20.2. The maximum absolute atomic E-state index is 13.9. The third-order valence-electron chi connectivity index (χ3n) is 4.82. The largest absolute Gasteiger partial charge is 0.368 e. The van der Waals surface area contributed by atoms with Crippen LogP contribution in [0.5, 0.6) is 0 Å².